The zero-order valence-electron chi connectivity index (χ0n) is 50.5. The number of allylic oxidation sites excluding steroid dienone is 6. The van der Waals surface area contributed by atoms with Gasteiger partial charge in [-0.2, -0.15) is 0 Å². The molecule has 4 aliphatic heterocycles. The summed E-state index contributed by atoms with van der Waals surface area (Å²) in [6.07, 6.45) is 18.3. The van der Waals surface area contributed by atoms with Crippen LogP contribution < -0.4 is 25.6 Å². The van der Waals surface area contributed by atoms with Gasteiger partial charge in [-0.1, -0.05) is 255 Å². The summed E-state index contributed by atoms with van der Waals surface area (Å²) in [4.78, 5) is 8.35. The molecule has 4 heterocycles. The zero-order chi connectivity index (χ0) is 59.4. The van der Waals surface area contributed by atoms with Crippen LogP contribution >= 0.6 is 0 Å². The van der Waals surface area contributed by atoms with Gasteiger partial charge in [0, 0.05) is 69.2 Å². The summed E-state index contributed by atoms with van der Waals surface area (Å²) >= 11 is 0. The molecule has 0 N–H and O–H groups in total. The molecule has 428 valence electrons. The Balaban J connectivity index is 1.08. The predicted molar refractivity (Wildman–Crippen MR) is 379 cm³/mol. The highest BCUT2D eigenvalue weighted by Crippen LogP contribution is 2.57. The van der Waals surface area contributed by atoms with Gasteiger partial charge in [-0.05, 0) is 171 Å². The molecule has 4 heteroatoms. The Kier molecular flexibility index (Phi) is 14.1. The fourth-order valence-electron chi connectivity index (χ4n) is 16.3. The molecule has 11 aromatic rings. The van der Waals surface area contributed by atoms with Crippen LogP contribution in [0, 0.1) is 11.8 Å². The maximum atomic E-state index is 4.24. The molecule has 0 radical (unpaired) electrons. The Morgan fingerprint density at radius 2 is 0.787 bits per heavy atom. The largest absolute Gasteiger partial charge is 0.365 e. The molecule has 17 rings (SSSR count). The van der Waals surface area contributed by atoms with Gasteiger partial charge in [0.05, 0.1) is 11.4 Å². The highest BCUT2D eigenvalue weighted by Gasteiger charge is 2.49. The van der Waals surface area contributed by atoms with Crippen molar-refractivity contribution in [1.82, 2.24) is 0 Å². The van der Waals surface area contributed by atoms with Crippen LogP contribution in [0.3, 0.4) is 0 Å². The monoisotopic (exact) mass is 1140 g/mol. The number of hydrogen-bond donors (Lipinski definition) is 0. The minimum Gasteiger partial charge on any atom is -0.365 e. The second kappa shape index (κ2) is 23.2. The van der Waals surface area contributed by atoms with Crippen molar-refractivity contribution in [3.05, 3.63) is 315 Å². The van der Waals surface area contributed by atoms with E-state index in [9.17, 15) is 0 Å². The van der Waals surface area contributed by atoms with Gasteiger partial charge in [-0.3, -0.25) is 0 Å². The Bertz CT molecular complexity index is 4390. The lowest BCUT2D eigenvalue weighted by Crippen LogP contribution is -2.58. The molecule has 0 spiro atoms. The third kappa shape index (κ3) is 9.70. The summed E-state index contributed by atoms with van der Waals surface area (Å²) in [6.45, 7) is 6.29. The van der Waals surface area contributed by atoms with Crippen molar-refractivity contribution in [2.75, 3.05) is 14.7 Å². The lowest BCUT2D eigenvalue weighted by Gasteiger charge is -2.57. The SMILES string of the molecule is C=C/C=C\CC1=C(/C=C\C)B2c3ccc(N4C5CC6CC(C5)CC4C6)cc3N(c3c(-c4ccccc4)cc(-c4ccccc4)cc3-c3ccccc3)c3cc(-c4ccccc4)cc(c32)N1c1c(-c2ccccc2)cc(-c2ccccc2)cc1-c1ccccc1. The summed E-state index contributed by atoms with van der Waals surface area (Å²) in [7, 11) is 0. The molecule has 2 saturated carbocycles. The topological polar surface area (TPSA) is 9.72 Å². The first kappa shape index (κ1) is 54.3. The average Bonchev–Trinajstić information content (AvgIpc) is 0.768. The van der Waals surface area contributed by atoms with Crippen molar-refractivity contribution in [2.45, 2.75) is 57.5 Å². The first-order valence-electron chi connectivity index (χ1n) is 32.1. The third-order valence-corrected chi connectivity index (χ3v) is 19.8. The highest BCUT2D eigenvalue weighted by atomic mass is 15.2. The van der Waals surface area contributed by atoms with E-state index in [1.165, 1.54) is 116 Å². The number of nitrogens with zero attached hydrogens (tertiary/aromatic N) is 3. The van der Waals surface area contributed by atoms with Crippen LogP contribution in [0.15, 0.2) is 315 Å². The molecule has 2 saturated heterocycles. The summed E-state index contributed by atoms with van der Waals surface area (Å²) in [5, 5.41) is 0. The Morgan fingerprint density at radius 1 is 0.404 bits per heavy atom. The molecule has 0 unspecified atom stereocenters. The van der Waals surface area contributed by atoms with Gasteiger partial charge in [0.15, 0.2) is 0 Å². The Labute approximate surface area is 525 Å². The number of hydrogen-bond acceptors (Lipinski definition) is 3. The van der Waals surface area contributed by atoms with Crippen LogP contribution in [-0.4, -0.2) is 18.8 Å². The fourth-order valence-corrected chi connectivity index (χ4v) is 16.3. The molecular weight excluding hydrogens is 1070 g/mol. The van der Waals surface area contributed by atoms with E-state index in [2.05, 4.69) is 319 Å². The van der Waals surface area contributed by atoms with Crippen LogP contribution in [-0.2, 0) is 0 Å². The van der Waals surface area contributed by atoms with Gasteiger partial charge in [0.1, 0.15) is 0 Å². The van der Waals surface area contributed by atoms with E-state index in [-0.39, 0.29) is 6.71 Å². The first-order valence-corrected chi connectivity index (χ1v) is 32.1. The van der Waals surface area contributed by atoms with Crippen molar-refractivity contribution in [1.29, 1.82) is 0 Å². The van der Waals surface area contributed by atoms with Crippen LogP contribution in [0.2, 0.25) is 0 Å². The molecule has 2 aliphatic carbocycles. The quantitative estimate of drug-likeness (QED) is 0.0794. The van der Waals surface area contributed by atoms with E-state index >= 15 is 0 Å². The molecule has 4 fully saturated rings. The average molecular weight is 1140 g/mol. The van der Waals surface area contributed by atoms with Crippen molar-refractivity contribution in [2.24, 2.45) is 11.8 Å². The van der Waals surface area contributed by atoms with E-state index in [0.29, 0.717) is 18.5 Å². The van der Waals surface area contributed by atoms with E-state index in [4.69, 9.17) is 0 Å². The highest BCUT2D eigenvalue weighted by molar-refractivity contribution is 6.95. The van der Waals surface area contributed by atoms with Gasteiger partial charge < -0.3 is 14.7 Å². The van der Waals surface area contributed by atoms with Gasteiger partial charge >= 0.3 is 0 Å². The molecule has 0 amide bonds. The van der Waals surface area contributed by atoms with Crippen molar-refractivity contribution in [3.63, 3.8) is 0 Å². The third-order valence-electron chi connectivity index (χ3n) is 19.8. The number of fused-ring (bicyclic) bond motifs is 2. The molecule has 0 aromatic heterocycles. The molecule has 0 atom stereocenters. The van der Waals surface area contributed by atoms with Gasteiger partial charge in [0.25, 0.3) is 6.71 Å². The number of rotatable bonds is 14. The van der Waals surface area contributed by atoms with Crippen LogP contribution in [0.1, 0.15) is 45.4 Å². The molecule has 6 aliphatic rings. The number of benzene rings is 11. The lowest BCUT2D eigenvalue weighted by atomic mass is 9.32. The van der Waals surface area contributed by atoms with E-state index in [0.717, 1.165) is 62.3 Å². The summed E-state index contributed by atoms with van der Waals surface area (Å²) in [6, 6.07) is 101. The van der Waals surface area contributed by atoms with E-state index in [1.54, 1.807) is 0 Å². The fraction of sp³-hybridized carbons (Fsp3) is 0.129. The van der Waals surface area contributed by atoms with Crippen LogP contribution in [0.5, 0.6) is 0 Å². The predicted octanol–water partition coefficient (Wildman–Crippen LogP) is 21.2. The number of anilines is 6. The maximum Gasteiger partial charge on any atom is 0.251 e. The maximum absolute atomic E-state index is 4.24. The van der Waals surface area contributed by atoms with Crippen LogP contribution in [0.4, 0.5) is 34.1 Å². The van der Waals surface area contributed by atoms with E-state index < -0.39 is 0 Å². The smallest absolute Gasteiger partial charge is 0.251 e. The molecule has 4 bridgehead atoms. The van der Waals surface area contributed by atoms with E-state index in [1.807, 2.05) is 6.08 Å². The van der Waals surface area contributed by atoms with Crippen molar-refractivity contribution < 1.29 is 0 Å². The second-order valence-electron chi connectivity index (χ2n) is 25.1. The molecule has 11 aromatic carbocycles. The zero-order valence-corrected chi connectivity index (χ0v) is 50.5. The minimum absolute atomic E-state index is 0.147. The molecular formula is C85H70BN3. The normalized spacial score (nSPS) is 18.0. The Hall–Kier alpha value is -10.2. The second-order valence-corrected chi connectivity index (χ2v) is 25.1. The van der Waals surface area contributed by atoms with Gasteiger partial charge in [-0.25, -0.2) is 0 Å². The number of piperidine rings is 2. The summed E-state index contributed by atoms with van der Waals surface area (Å²) < 4.78 is 0. The van der Waals surface area contributed by atoms with Crippen molar-refractivity contribution in [3.8, 4) is 77.9 Å². The standard InChI is InChI=1S/C85H70BN3/c1-3-5-13-43-79-77(28-4-2)86-78-45-44-70(87-71-47-58-46-59(49-71)50-72(87)48-58)57-80(78)89(85-75(65-39-24-11-25-40-65)53-68(61-31-16-7-17-32-61)54-76(85)66-41-26-12-27-42-66)82-56-69(62-33-18-8-19-34-62)55-81(83(82)86)88(79)84-73(63-35-20-9-21-36-63)51-67(60-29-14-6-15-30-60)52-74(84)64-37-22-10-23-38-64/h3-42,44-45,51-59,71-72H,1,43,46-50H2,2H3/b13-5-,28-4-. The molecule has 89 heavy (non-hydrogen) atoms. The Morgan fingerprint density at radius 3 is 1.19 bits per heavy atom. The lowest BCUT2D eigenvalue weighted by molar-refractivity contribution is 0.0900. The van der Waals surface area contributed by atoms with Gasteiger partial charge in [0.2, 0.25) is 0 Å². The summed E-state index contributed by atoms with van der Waals surface area (Å²) in [5.41, 5.74) is 28.6. The van der Waals surface area contributed by atoms with Crippen LogP contribution in [0.25, 0.3) is 77.9 Å². The van der Waals surface area contributed by atoms with Crippen molar-refractivity contribution >= 4 is 51.8 Å². The van der Waals surface area contributed by atoms with Gasteiger partial charge in [-0.15, -0.1) is 0 Å². The molecule has 3 nitrogen and oxygen atoms in total. The first-order chi connectivity index (χ1) is 44.1. The minimum atomic E-state index is -0.147. The summed E-state index contributed by atoms with van der Waals surface area (Å²) in [5.74, 6) is 1.67.